The molecule has 26 heavy (non-hydrogen) atoms. The molecule has 0 unspecified atom stereocenters. The molecule has 148 valence electrons. The van der Waals surface area contributed by atoms with Crippen molar-refractivity contribution in [1.29, 1.82) is 0 Å². The van der Waals surface area contributed by atoms with Crippen LogP contribution in [-0.2, 0) is 11.3 Å². The number of ether oxygens (including phenoxy) is 2. The molecule has 0 aromatic heterocycles. The maximum Gasteiger partial charge on any atom is 0.255 e. The Balaban J connectivity index is 0.00000338. The van der Waals surface area contributed by atoms with Crippen molar-refractivity contribution >= 4 is 29.9 Å². The lowest BCUT2D eigenvalue weighted by Crippen LogP contribution is -2.36. The standard InChI is InChI=1S/C18H28ClN3O3.ClH/c1-3-21-10-13-4-6-22(7-5-13)11-14-8-15(19)18(16(9-14)24-2)25-12-17(20)23;/h8-9,13,21H,3-7,10-12H2,1-2H3,(H2,20,23);1H. The molecule has 2 rings (SSSR count). The van der Waals surface area contributed by atoms with Crippen molar-refractivity contribution < 1.29 is 14.3 Å². The summed E-state index contributed by atoms with van der Waals surface area (Å²) in [5.74, 6) is 1.09. The van der Waals surface area contributed by atoms with Crippen LogP contribution in [0, 0.1) is 5.92 Å². The molecule has 1 aliphatic heterocycles. The molecule has 1 amide bonds. The van der Waals surface area contributed by atoms with Gasteiger partial charge in [0.2, 0.25) is 0 Å². The van der Waals surface area contributed by atoms with Crippen LogP contribution in [0.25, 0.3) is 0 Å². The van der Waals surface area contributed by atoms with Crippen LogP contribution in [-0.4, -0.2) is 50.7 Å². The van der Waals surface area contributed by atoms with E-state index in [1.165, 1.54) is 12.8 Å². The van der Waals surface area contributed by atoms with Gasteiger partial charge in [-0.15, -0.1) is 12.4 Å². The minimum Gasteiger partial charge on any atom is -0.493 e. The van der Waals surface area contributed by atoms with Crippen LogP contribution in [0.5, 0.6) is 11.5 Å². The summed E-state index contributed by atoms with van der Waals surface area (Å²) in [4.78, 5) is 13.3. The lowest BCUT2D eigenvalue weighted by molar-refractivity contribution is -0.119. The molecule has 8 heteroatoms. The number of piperidine rings is 1. The number of likely N-dealkylation sites (tertiary alicyclic amines) is 1. The summed E-state index contributed by atoms with van der Waals surface area (Å²) >= 11 is 6.31. The number of halogens is 2. The largest absolute Gasteiger partial charge is 0.493 e. The Morgan fingerprint density at radius 1 is 1.38 bits per heavy atom. The van der Waals surface area contributed by atoms with Gasteiger partial charge < -0.3 is 20.5 Å². The van der Waals surface area contributed by atoms with Gasteiger partial charge in [0.25, 0.3) is 5.91 Å². The number of carbonyl (C=O) groups excluding carboxylic acids is 1. The van der Waals surface area contributed by atoms with Gasteiger partial charge in [-0.2, -0.15) is 0 Å². The normalized spacial score (nSPS) is 15.3. The number of nitrogens with zero attached hydrogens (tertiary/aromatic N) is 1. The van der Waals surface area contributed by atoms with E-state index in [1.54, 1.807) is 7.11 Å². The molecule has 1 saturated heterocycles. The molecule has 0 bridgehead atoms. The molecule has 1 fully saturated rings. The molecule has 0 spiro atoms. The van der Waals surface area contributed by atoms with E-state index in [9.17, 15) is 4.79 Å². The third kappa shape index (κ3) is 6.83. The topological polar surface area (TPSA) is 76.8 Å². The fourth-order valence-corrected chi connectivity index (χ4v) is 3.39. The van der Waals surface area contributed by atoms with E-state index in [1.807, 2.05) is 12.1 Å². The van der Waals surface area contributed by atoms with E-state index in [0.717, 1.165) is 44.2 Å². The number of rotatable bonds is 9. The lowest BCUT2D eigenvalue weighted by atomic mass is 9.96. The van der Waals surface area contributed by atoms with Crippen LogP contribution in [0.3, 0.4) is 0 Å². The van der Waals surface area contributed by atoms with Crippen molar-refractivity contribution in [3.05, 3.63) is 22.7 Å². The van der Waals surface area contributed by atoms with Crippen molar-refractivity contribution in [3.63, 3.8) is 0 Å². The first-order valence-electron chi connectivity index (χ1n) is 8.74. The summed E-state index contributed by atoms with van der Waals surface area (Å²) < 4.78 is 10.7. The molecule has 1 heterocycles. The minimum absolute atomic E-state index is 0. The van der Waals surface area contributed by atoms with Crippen molar-refractivity contribution in [2.75, 3.05) is 39.9 Å². The lowest BCUT2D eigenvalue weighted by Gasteiger charge is -2.32. The summed E-state index contributed by atoms with van der Waals surface area (Å²) in [6.07, 6.45) is 2.41. The molecular weight excluding hydrogens is 377 g/mol. The van der Waals surface area contributed by atoms with Gasteiger partial charge in [0.05, 0.1) is 12.1 Å². The first-order chi connectivity index (χ1) is 12.0. The van der Waals surface area contributed by atoms with Crippen LogP contribution in [0.1, 0.15) is 25.3 Å². The Labute approximate surface area is 166 Å². The second-order valence-electron chi connectivity index (χ2n) is 6.39. The second kappa shape index (κ2) is 11.5. The van der Waals surface area contributed by atoms with Gasteiger partial charge in [0.15, 0.2) is 18.1 Å². The highest BCUT2D eigenvalue weighted by atomic mass is 35.5. The number of hydrogen-bond acceptors (Lipinski definition) is 5. The van der Waals surface area contributed by atoms with E-state index in [4.69, 9.17) is 26.8 Å². The summed E-state index contributed by atoms with van der Waals surface area (Å²) in [7, 11) is 1.55. The van der Waals surface area contributed by atoms with E-state index in [0.29, 0.717) is 16.5 Å². The number of carbonyl (C=O) groups is 1. The average molecular weight is 406 g/mol. The molecule has 1 aromatic carbocycles. The van der Waals surface area contributed by atoms with Crippen LogP contribution in [0.2, 0.25) is 5.02 Å². The number of nitrogens with one attached hydrogen (secondary N) is 1. The Kier molecular flexibility index (Phi) is 10.1. The fraction of sp³-hybridized carbons (Fsp3) is 0.611. The van der Waals surface area contributed by atoms with Crippen molar-refractivity contribution in [3.8, 4) is 11.5 Å². The van der Waals surface area contributed by atoms with E-state index in [-0.39, 0.29) is 19.0 Å². The zero-order valence-corrected chi connectivity index (χ0v) is 17.0. The molecule has 1 aromatic rings. The first-order valence-corrected chi connectivity index (χ1v) is 9.11. The monoisotopic (exact) mass is 405 g/mol. The Morgan fingerprint density at radius 2 is 2.08 bits per heavy atom. The zero-order valence-electron chi connectivity index (χ0n) is 15.4. The van der Waals surface area contributed by atoms with Gasteiger partial charge in [0.1, 0.15) is 0 Å². The Bertz CT molecular complexity index is 579. The highest BCUT2D eigenvalue weighted by Gasteiger charge is 2.20. The number of hydrogen-bond donors (Lipinski definition) is 2. The summed E-state index contributed by atoms with van der Waals surface area (Å²) in [5, 5.41) is 3.86. The molecule has 6 nitrogen and oxygen atoms in total. The predicted octanol–water partition coefficient (Wildman–Crippen LogP) is 2.46. The number of methoxy groups -OCH3 is 1. The Morgan fingerprint density at radius 3 is 2.65 bits per heavy atom. The van der Waals surface area contributed by atoms with Crippen LogP contribution in [0.4, 0.5) is 0 Å². The average Bonchev–Trinajstić information content (AvgIpc) is 2.59. The third-order valence-corrected chi connectivity index (χ3v) is 4.73. The maximum absolute atomic E-state index is 10.9. The minimum atomic E-state index is -0.553. The van der Waals surface area contributed by atoms with Crippen molar-refractivity contribution in [1.82, 2.24) is 10.2 Å². The van der Waals surface area contributed by atoms with Crippen LogP contribution < -0.4 is 20.5 Å². The van der Waals surface area contributed by atoms with Gasteiger partial charge in [-0.3, -0.25) is 9.69 Å². The highest BCUT2D eigenvalue weighted by Crippen LogP contribution is 2.37. The highest BCUT2D eigenvalue weighted by molar-refractivity contribution is 6.32. The third-order valence-electron chi connectivity index (χ3n) is 4.44. The SMILES string of the molecule is CCNCC1CCN(Cc2cc(Cl)c(OCC(N)=O)c(OC)c2)CC1.Cl. The maximum atomic E-state index is 10.9. The van der Waals surface area contributed by atoms with E-state index >= 15 is 0 Å². The second-order valence-corrected chi connectivity index (χ2v) is 6.80. The number of nitrogens with two attached hydrogens (primary N) is 1. The first kappa shape index (κ1) is 22.8. The van der Waals surface area contributed by atoms with Crippen molar-refractivity contribution in [2.24, 2.45) is 11.7 Å². The quantitative estimate of drug-likeness (QED) is 0.659. The molecule has 0 saturated carbocycles. The van der Waals surface area contributed by atoms with Gasteiger partial charge in [-0.25, -0.2) is 0 Å². The zero-order chi connectivity index (χ0) is 18.2. The fourth-order valence-electron chi connectivity index (χ4n) is 3.10. The smallest absolute Gasteiger partial charge is 0.255 e. The van der Waals surface area contributed by atoms with Crippen LogP contribution in [0.15, 0.2) is 12.1 Å². The molecule has 1 aliphatic rings. The van der Waals surface area contributed by atoms with Crippen molar-refractivity contribution in [2.45, 2.75) is 26.3 Å². The van der Waals surface area contributed by atoms with Gasteiger partial charge in [-0.1, -0.05) is 18.5 Å². The summed E-state index contributed by atoms with van der Waals surface area (Å²) in [6, 6.07) is 3.78. The van der Waals surface area contributed by atoms with Gasteiger partial charge >= 0.3 is 0 Å². The molecule has 3 N–H and O–H groups in total. The number of amides is 1. The molecular formula is C18H29Cl2N3O3. The molecule has 0 atom stereocenters. The van der Waals surface area contributed by atoms with E-state index in [2.05, 4.69) is 17.1 Å². The van der Waals surface area contributed by atoms with E-state index < -0.39 is 5.91 Å². The predicted molar refractivity (Wildman–Crippen MR) is 106 cm³/mol. The molecule has 0 radical (unpaired) electrons. The van der Waals surface area contributed by atoms with Gasteiger partial charge in [-0.05, 0) is 62.6 Å². The van der Waals surface area contributed by atoms with Crippen LogP contribution >= 0.6 is 24.0 Å². The molecule has 0 aliphatic carbocycles. The Hall–Kier alpha value is -1.21. The van der Waals surface area contributed by atoms with Gasteiger partial charge in [0, 0.05) is 6.54 Å². The number of benzene rings is 1. The number of primary amides is 1. The summed E-state index contributed by atoms with van der Waals surface area (Å²) in [5.41, 5.74) is 6.19. The summed E-state index contributed by atoms with van der Waals surface area (Å²) in [6.45, 7) is 7.03.